The maximum atomic E-state index is 12.9. The number of hydrogen-bond acceptors (Lipinski definition) is 5. The van der Waals surface area contributed by atoms with E-state index in [0.29, 0.717) is 18.6 Å². The number of rotatable bonds is 9. The number of carbonyl (C=O) groups excluding carboxylic acids is 1. The van der Waals surface area contributed by atoms with Crippen LogP contribution >= 0.6 is 0 Å². The van der Waals surface area contributed by atoms with Gasteiger partial charge in [0.05, 0.1) is 5.69 Å². The van der Waals surface area contributed by atoms with Crippen LogP contribution in [-0.2, 0) is 4.79 Å². The van der Waals surface area contributed by atoms with E-state index >= 15 is 0 Å². The predicted octanol–water partition coefficient (Wildman–Crippen LogP) is 4.79. The zero-order chi connectivity index (χ0) is 25.5. The molecular formula is C30H32N6O. The predicted molar refractivity (Wildman–Crippen MR) is 147 cm³/mol. The number of pyridine rings is 1. The summed E-state index contributed by atoms with van der Waals surface area (Å²) in [5.41, 5.74) is 11.6. The molecule has 2 unspecified atom stereocenters. The molecule has 1 amide bonds. The maximum Gasteiger partial charge on any atom is 0.246 e. The molecule has 0 bridgehead atoms. The topological polar surface area (TPSA) is 75.1 Å². The average molecular weight is 493 g/mol. The molecule has 1 aliphatic heterocycles. The van der Waals surface area contributed by atoms with Gasteiger partial charge in [0.25, 0.3) is 0 Å². The molecule has 188 valence electrons. The van der Waals surface area contributed by atoms with Crippen molar-refractivity contribution in [3.63, 3.8) is 0 Å². The fraction of sp³-hybridized carbons (Fsp3) is 0.233. The largest absolute Gasteiger partial charge is 0.342 e. The van der Waals surface area contributed by atoms with Gasteiger partial charge in [0.1, 0.15) is 5.69 Å². The zero-order valence-electron chi connectivity index (χ0n) is 21.0. The highest BCUT2D eigenvalue weighted by molar-refractivity contribution is 5.92. The Morgan fingerprint density at radius 2 is 1.84 bits per heavy atom. The van der Waals surface area contributed by atoms with Gasteiger partial charge in [-0.15, -0.1) is 0 Å². The lowest BCUT2D eigenvalue weighted by atomic mass is 10.00. The summed E-state index contributed by atoms with van der Waals surface area (Å²) in [6.07, 6.45) is 11.9. The van der Waals surface area contributed by atoms with Crippen molar-refractivity contribution in [3.8, 4) is 16.9 Å². The molecule has 0 radical (unpaired) electrons. The Labute approximate surface area is 217 Å². The van der Waals surface area contributed by atoms with Gasteiger partial charge in [-0.05, 0) is 55.2 Å². The third-order valence-electron chi connectivity index (χ3n) is 6.71. The molecule has 3 heterocycles. The molecule has 0 saturated carbocycles. The number of para-hydroxylation sites is 1. The van der Waals surface area contributed by atoms with Crippen molar-refractivity contribution in [2.45, 2.75) is 31.3 Å². The Balaban J connectivity index is 1.19. The molecule has 2 N–H and O–H groups in total. The number of nitrogens with zero attached hydrogens (tertiary/aromatic N) is 4. The Hall–Kier alpha value is -4.07. The number of carbonyl (C=O) groups is 1. The molecule has 0 aliphatic carbocycles. The van der Waals surface area contributed by atoms with Crippen molar-refractivity contribution >= 4 is 12.0 Å². The summed E-state index contributed by atoms with van der Waals surface area (Å²) in [7, 11) is 1.86. The van der Waals surface area contributed by atoms with Gasteiger partial charge < -0.3 is 4.90 Å². The minimum Gasteiger partial charge on any atom is -0.342 e. The monoisotopic (exact) mass is 492 g/mol. The molecule has 0 spiro atoms. The third kappa shape index (κ3) is 6.20. The number of nitrogens with one attached hydrogen (secondary N) is 2. The number of amides is 1. The summed E-state index contributed by atoms with van der Waals surface area (Å²) in [4.78, 5) is 18.9. The minimum atomic E-state index is -0.0238. The van der Waals surface area contributed by atoms with E-state index in [1.165, 1.54) is 5.56 Å². The molecule has 1 aliphatic rings. The third-order valence-corrected chi connectivity index (χ3v) is 6.71. The van der Waals surface area contributed by atoms with E-state index in [0.717, 1.165) is 41.8 Å². The number of benzene rings is 2. The molecule has 1 saturated heterocycles. The van der Waals surface area contributed by atoms with Crippen molar-refractivity contribution in [3.05, 3.63) is 109 Å². The van der Waals surface area contributed by atoms with Crippen molar-refractivity contribution in [1.82, 2.24) is 30.5 Å². The highest BCUT2D eigenvalue weighted by atomic mass is 16.2. The fourth-order valence-corrected chi connectivity index (χ4v) is 4.64. The summed E-state index contributed by atoms with van der Waals surface area (Å²) < 4.78 is 1.83. The van der Waals surface area contributed by atoms with Gasteiger partial charge in [0.15, 0.2) is 0 Å². The summed E-state index contributed by atoms with van der Waals surface area (Å²) in [6, 6.07) is 25.0. The molecule has 7 nitrogen and oxygen atoms in total. The van der Waals surface area contributed by atoms with Crippen molar-refractivity contribution in [2.24, 2.45) is 0 Å². The normalized spacial score (nSPS) is 17.3. The van der Waals surface area contributed by atoms with Crippen molar-refractivity contribution in [2.75, 3.05) is 13.6 Å². The van der Waals surface area contributed by atoms with E-state index in [1.807, 2.05) is 72.5 Å². The first-order chi connectivity index (χ1) is 18.2. The molecule has 37 heavy (non-hydrogen) atoms. The standard InChI is InChI=1S/C30H32N6O/c1-35(19-9-13-26-20-28(33-32-26)23-10-4-2-5-11-23)29(37)17-16-25-22-36(27-14-6-3-7-15-27)34-30(25)24-12-8-18-31-21-24/h2-8,10-12,14-18,21-22,26,28,32-33H,9,13,19-20H2,1H3/b17-16+. The second-order valence-corrected chi connectivity index (χ2v) is 9.37. The van der Waals surface area contributed by atoms with Gasteiger partial charge in [-0.25, -0.2) is 4.68 Å². The SMILES string of the molecule is CN(CCCC1CC(c2ccccc2)NN1)C(=O)/C=C/c1cn(-c2ccccc2)nc1-c1cccnc1. The molecule has 2 atom stereocenters. The van der Waals surface area contributed by atoms with Crippen LogP contribution in [0.25, 0.3) is 23.0 Å². The quantitative estimate of drug-likeness (QED) is 0.329. The summed E-state index contributed by atoms with van der Waals surface area (Å²) >= 11 is 0. The van der Waals surface area contributed by atoms with Crippen LogP contribution in [0, 0.1) is 0 Å². The van der Waals surface area contributed by atoms with E-state index < -0.39 is 0 Å². The first-order valence-electron chi connectivity index (χ1n) is 12.7. The van der Waals surface area contributed by atoms with Crippen LogP contribution in [-0.4, -0.2) is 45.2 Å². The Bertz CT molecular complexity index is 1320. The van der Waals surface area contributed by atoms with E-state index in [4.69, 9.17) is 5.10 Å². The molecule has 4 aromatic rings. The van der Waals surface area contributed by atoms with E-state index in [2.05, 4.69) is 40.1 Å². The first-order valence-corrected chi connectivity index (χ1v) is 12.7. The second kappa shape index (κ2) is 11.8. The summed E-state index contributed by atoms with van der Waals surface area (Å²) in [5, 5.41) is 4.78. The van der Waals surface area contributed by atoms with Crippen LogP contribution in [0.4, 0.5) is 0 Å². The number of likely N-dealkylation sites (N-methyl/N-ethyl adjacent to an activating group) is 1. The van der Waals surface area contributed by atoms with Crippen molar-refractivity contribution in [1.29, 1.82) is 0 Å². The van der Waals surface area contributed by atoms with E-state index in [9.17, 15) is 4.79 Å². The molecule has 2 aromatic heterocycles. The summed E-state index contributed by atoms with van der Waals surface area (Å²) in [6.45, 7) is 0.704. The highest BCUT2D eigenvalue weighted by Gasteiger charge is 2.24. The molecule has 5 rings (SSSR count). The lowest BCUT2D eigenvalue weighted by Gasteiger charge is -2.16. The van der Waals surface area contributed by atoms with Crippen LogP contribution in [0.2, 0.25) is 0 Å². The van der Waals surface area contributed by atoms with Gasteiger partial charge in [-0.3, -0.25) is 20.6 Å². The van der Waals surface area contributed by atoms with Gasteiger partial charge in [0.2, 0.25) is 5.91 Å². The molecule has 7 heteroatoms. The zero-order valence-corrected chi connectivity index (χ0v) is 21.0. The first kappa shape index (κ1) is 24.6. The molecule has 2 aromatic carbocycles. The maximum absolute atomic E-state index is 12.9. The van der Waals surface area contributed by atoms with Crippen LogP contribution in [0.15, 0.2) is 97.5 Å². The second-order valence-electron chi connectivity index (χ2n) is 9.37. The van der Waals surface area contributed by atoms with E-state index in [-0.39, 0.29) is 5.91 Å². The van der Waals surface area contributed by atoms with Gasteiger partial charge >= 0.3 is 0 Å². The average Bonchev–Trinajstić information content (AvgIpc) is 3.61. The Kier molecular flexibility index (Phi) is 7.84. The molecular weight excluding hydrogens is 460 g/mol. The summed E-state index contributed by atoms with van der Waals surface area (Å²) in [5.74, 6) is -0.0238. The highest BCUT2D eigenvalue weighted by Crippen LogP contribution is 2.25. The Morgan fingerprint density at radius 3 is 2.59 bits per heavy atom. The van der Waals surface area contributed by atoms with Gasteiger partial charge in [-0.1, -0.05) is 48.5 Å². The molecule has 1 fully saturated rings. The fourth-order valence-electron chi connectivity index (χ4n) is 4.64. The van der Waals surface area contributed by atoms with E-state index in [1.54, 1.807) is 23.4 Å². The Morgan fingerprint density at radius 1 is 1.05 bits per heavy atom. The van der Waals surface area contributed by atoms with Crippen LogP contribution in [0.3, 0.4) is 0 Å². The van der Waals surface area contributed by atoms with Gasteiger partial charge in [-0.2, -0.15) is 5.10 Å². The van der Waals surface area contributed by atoms with Gasteiger partial charge in [0, 0.05) is 61.5 Å². The number of hydrogen-bond donors (Lipinski definition) is 2. The lowest BCUT2D eigenvalue weighted by Crippen LogP contribution is -2.32. The van der Waals surface area contributed by atoms with Crippen molar-refractivity contribution < 1.29 is 4.79 Å². The smallest absolute Gasteiger partial charge is 0.246 e. The number of aromatic nitrogens is 3. The van der Waals surface area contributed by atoms with Crippen LogP contribution in [0.1, 0.15) is 36.4 Å². The number of hydrazine groups is 1. The van der Waals surface area contributed by atoms with Crippen LogP contribution < -0.4 is 10.9 Å². The van der Waals surface area contributed by atoms with Crippen LogP contribution in [0.5, 0.6) is 0 Å². The minimum absolute atomic E-state index is 0.0238. The lowest BCUT2D eigenvalue weighted by molar-refractivity contribution is -0.124.